The van der Waals surface area contributed by atoms with Crippen molar-refractivity contribution >= 4 is 13.3 Å². The average Bonchev–Trinajstić information content (AvgIpc) is 2.69. The lowest BCUT2D eigenvalue weighted by Crippen LogP contribution is -2.45. The minimum Gasteiger partial charge on any atom is -0.405 e. The van der Waals surface area contributed by atoms with E-state index in [0.717, 1.165) is 44.7 Å². The molecule has 2 heterocycles. The first-order chi connectivity index (χ1) is 10.7. The molecule has 0 spiro atoms. The van der Waals surface area contributed by atoms with Gasteiger partial charge in [0, 0.05) is 44.4 Å². The molecule has 0 aromatic carbocycles. The number of hydrogen-bond donors (Lipinski definition) is 1. The fraction of sp³-hybridized carbons (Fsp3) is 0.812. The Labute approximate surface area is 140 Å². The zero-order chi connectivity index (χ0) is 17.1. The molecule has 2 saturated heterocycles. The summed E-state index contributed by atoms with van der Waals surface area (Å²) in [6, 6.07) is 0. The number of hydrogen-bond acceptors (Lipinski definition) is 6. The molecule has 2 rings (SSSR count). The summed E-state index contributed by atoms with van der Waals surface area (Å²) >= 11 is 0. The van der Waals surface area contributed by atoms with E-state index in [1.807, 2.05) is 27.7 Å². The van der Waals surface area contributed by atoms with Crippen LogP contribution in [0.4, 0.5) is 0 Å². The summed E-state index contributed by atoms with van der Waals surface area (Å²) in [5.74, 6) is 0. The van der Waals surface area contributed by atoms with Gasteiger partial charge >= 0.3 is 7.12 Å². The van der Waals surface area contributed by atoms with Crippen molar-refractivity contribution in [2.24, 2.45) is 10.7 Å². The van der Waals surface area contributed by atoms with Crippen LogP contribution in [0.5, 0.6) is 0 Å². The minimum absolute atomic E-state index is 0.362. The van der Waals surface area contributed by atoms with Crippen LogP contribution in [0.3, 0.4) is 0 Å². The van der Waals surface area contributed by atoms with Crippen LogP contribution < -0.4 is 5.73 Å². The highest BCUT2D eigenvalue weighted by molar-refractivity contribution is 6.60. The quantitative estimate of drug-likeness (QED) is 0.599. The summed E-state index contributed by atoms with van der Waals surface area (Å²) in [4.78, 5) is 9.30. The number of nitrogens with zero attached hydrogens (tertiary/aromatic N) is 3. The van der Waals surface area contributed by atoms with E-state index < -0.39 is 7.12 Å². The van der Waals surface area contributed by atoms with Gasteiger partial charge in [0.2, 0.25) is 0 Å². The SMILES string of the molecule is CN1CCN(CCN=CC(=CN)B2OC(C)(C)C(C)(C)O2)CC1. The van der Waals surface area contributed by atoms with E-state index in [4.69, 9.17) is 15.0 Å². The van der Waals surface area contributed by atoms with Gasteiger partial charge in [-0.3, -0.25) is 9.89 Å². The van der Waals surface area contributed by atoms with Crippen LogP contribution in [0.15, 0.2) is 16.7 Å². The third-order valence-electron chi connectivity index (χ3n) is 5.10. The second kappa shape index (κ2) is 7.34. The smallest absolute Gasteiger partial charge is 0.405 e. The van der Waals surface area contributed by atoms with Crippen LogP contribution in [0.25, 0.3) is 0 Å². The number of piperazine rings is 1. The van der Waals surface area contributed by atoms with Crippen molar-refractivity contribution in [2.75, 3.05) is 46.3 Å². The molecule has 0 bridgehead atoms. The van der Waals surface area contributed by atoms with Crippen LogP contribution in [0, 0.1) is 0 Å². The zero-order valence-electron chi connectivity index (χ0n) is 15.2. The monoisotopic (exact) mass is 322 g/mol. The van der Waals surface area contributed by atoms with E-state index in [1.54, 1.807) is 6.21 Å². The summed E-state index contributed by atoms with van der Waals surface area (Å²) in [7, 11) is 1.72. The highest BCUT2D eigenvalue weighted by atomic mass is 16.7. The van der Waals surface area contributed by atoms with E-state index in [0.29, 0.717) is 0 Å². The van der Waals surface area contributed by atoms with Gasteiger partial charge in [0.1, 0.15) is 0 Å². The molecule has 2 aliphatic heterocycles. The summed E-state index contributed by atoms with van der Waals surface area (Å²) in [6.07, 6.45) is 3.32. The maximum atomic E-state index is 6.00. The Morgan fingerprint density at radius 1 is 1.13 bits per heavy atom. The van der Waals surface area contributed by atoms with E-state index >= 15 is 0 Å². The van der Waals surface area contributed by atoms with Gasteiger partial charge in [0.15, 0.2) is 0 Å². The number of likely N-dealkylation sites (N-methyl/N-ethyl adjacent to an activating group) is 1. The topological polar surface area (TPSA) is 63.3 Å². The molecule has 0 saturated carbocycles. The van der Waals surface area contributed by atoms with E-state index in [9.17, 15) is 0 Å². The summed E-state index contributed by atoms with van der Waals surface area (Å²) in [5.41, 5.74) is 5.80. The lowest BCUT2D eigenvalue weighted by molar-refractivity contribution is 0.00578. The lowest BCUT2D eigenvalue weighted by Gasteiger charge is -2.32. The molecule has 7 heteroatoms. The number of nitrogens with two attached hydrogens (primary N) is 1. The van der Waals surface area contributed by atoms with Crippen molar-refractivity contribution < 1.29 is 9.31 Å². The van der Waals surface area contributed by atoms with Crippen molar-refractivity contribution in [3.05, 3.63) is 11.7 Å². The maximum absolute atomic E-state index is 6.00. The molecular weight excluding hydrogens is 291 g/mol. The second-order valence-corrected chi connectivity index (χ2v) is 7.44. The lowest BCUT2D eigenvalue weighted by atomic mass is 9.79. The Bertz CT molecular complexity index is 441. The molecule has 0 unspecified atom stereocenters. The predicted octanol–water partition coefficient (Wildman–Crippen LogP) is 0.779. The van der Waals surface area contributed by atoms with E-state index in [2.05, 4.69) is 21.8 Å². The average molecular weight is 322 g/mol. The number of allylic oxidation sites excluding steroid dienone is 1. The molecule has 23 heavy (non-hydrogen) atoms. The fourth-order valence-electron chi connectivity index (χ4n) is 2.60. The first-order valence-corrected chi connectivity index (χ1v) is 8.43. The first kappa shape index (κ1) is 18.5. The Hall–Kier alpha value is -0.885. The van der Waals surface area contributed by atoms with Crippen LogP contribution in [0.2, 0.25) is 0 Å². The Morgan fingerprint density at radius 3 is 2.22 bits per heavy atom. The van der Waals surface area contributed by atoms with E-state index in [1.165, 1.54) is 6.20 Å². The second-order valence-electron chi connectivity index (χ2n) is 7.44. The molecule has 0 aromatic rings. The Balaban J connectivity index is 1.81. The molecule has 0 aliphatic carbocycles. The summed E-state index contributed by atoms with van der Waals surface area (Å²) in [5, 5.41) is 0. The van der Waals surface area contributed by atoms with Crippen molar-refractivity contribution in [3.63, 3.8) is 0 Å². The number of aliphatic imine (C=N–C) groups is 1. The van der Waals surface area contributed by atoms with Gasteiger partial charge in [-0.05, 0) is 40.9 Å². The molecule has 0 radical (unpaired) electrons. The Morgan fingerprint density at radius 2 is 1.70 bits per heavy atom. The Kier molecular flexibility index (Phi) is 5.89. The van der Waals surface area contributed by atoms with Gasteiger partial charge in [0.05, 0.1) is 17.7 Å². The zero-order valence-corrected chi connectivity index (χ0v) is 15.2. The summed E-state index contributed by atoms with van der Waals surface area (Å²) in [6.45, 7) is 14.4. The summed E-state index contributed by atoms with van der Waals surface area (Å²) < 4.78 is 12.0. The van der Waals surface area contributed by atoms with Gasteiger partial charge in [-0.15, -0.1) is 0 Å². The van der Waals surface area contributed by atoms with Gasteiger partial charge in [-0.1, -0.05) is 0 Å². The third kappa shape index (κ3) is 4.56. The fourth-order valence-corrected chi connectivity index (χ4v) is 2.60. The highest BCUT2D eigenvalue weighted by Gasteiger charge is 2.52. The minimum atomic E-state index is -0.447. The molecule has 6 nitrogen and oxygen atoms in total. The van der Waals surface area contributed by atoms with Crippen molar-refractivity contribution in [1.82, 2.24) is 9.80 Å². The number of rotatable bonds is 5. The molecular formula is C16H31BN4O2. The standard InChI is InChI=1S/C16H31BN4O2/c1-15(2)16(3,4)23-17(22-15)14(12-18)13-19-6-7-21-10-8-20(5)9-11-21/h12-13H,6-11,18H2,1-5H3. The highest BCUT2D eigenvalue weighted by Crippen LogP contribution is 2.38. The normalized spacial score (nSPS) is 26.3. The largest absolute Gasteiger partial charge is 0.497 e. The van der Waals surface area contributed by atoms with E-state index in [-0.39, 0.29) is 11.2 Å². The molecule has 2 fully saturated rings. The van der Waals surface area contributed by atoms with Crippen molar-refractivity contribution in [1.29, 1.82) is 0 Å². The molecule has 0 aromatic heterocycles. The van der Waals surface area contributed by atoms with Crippen LogP contribution >= 0.6 is 0 Å². The molecule has 2 N–H and O–H groups in total. The van der Waals surface area contributed by atoms with Crippen molar-refractivity contribution in [3.8, 4) is 0 Å². The van der Waals surface area contributed by atoms with Crippen LogP contribution in [-0.4, -0.2) is 80.7 Å². The van der Waals surface area contributed by atoms with Crippen LogP contribution in [-0.2, 0) is 9.31 Å². The molecule has 0 atom stereocenters. The first-order valence-electron chi connectivity index (χ1n) is 8.43. The van der Waals surface area contributed by atoms with Gasteiger partial charge < -0.3 is 19.9 Å². The molecule has 2 aliphatic rings. The maximum Gasteiger partial charge on any atom is 0.497 e. The van der Waals surface area contributed by atoms with Gasteiger partial charge in [-0.2, -0.15) is 0 Å². The van der Waals surface area contributed by atoms with Crippen LogP contribution in [0.1, 0.15) is 27.7 Å². The third-order valence-corrected chi connectivity index (χ3v) is 5.10. The molecule has 130 valence electrons. The molecule has 0 amide bonds. The predicted molar refractivity (Wildman–Crippen MR) is 95.6 cm³/mol. The van der Waals surface area contributed by atoms with Gasteiger partial charge in [0.25, 0.3) is 0 Å². The van der Waals surface area contributed by atoms with Gasteiger partial charge in [-0.25, -0.2) is 0 Å². The van der Waals surface area contributed by atoms with Crippen molar-refractivity contribution in [2.45, 2.75) is 38.9 Å².